The monoisotopic (exact) mass is 232 g/mol. The van der Waals surface area contributed by atoms with Crippen LogP contribution in [0.5, 0.6) is 0 Å². The predicted octanol–water partition coefficient (Wildman–Crippen LogP) is -1.41. The van der Waals surface area contributed by atoms with E-state index in [0.717, 1.165) is 0 Å². The van der Waals surface area contributed by atoms with Gasteiger partial charge in [0.05, 0.1) is 5.69 Å². The maximum absolute atomic E-state index is 10.9. The second-order valence-corrected chi connectivity index (χ2v) is 2.68. The van der Waals surface area contributed by atoms with Crippen molar-refractivity contribution in [2.24, 2.45) is 5.73 Å². The molecular weight excluding hydrogens is 224 g/mol. The molecule has 1 rings (SSSR count). The Balaban J connectivity index is 0.00000169. The fourth-order valence-electron chi connectivity index (χ4n) is 0.831. The number of hydrogen-bond acceptors (Lipinski definition) is 5. The molecular formula is C7H8AlKN3O2. The quantitative estimate of drug-likeness (QED) is 0.648. The number of carbonyl (C=O) groups is 1. The Morgan fingerprint density at radius 3 is 2.86 bits per heavy atom. The van der Waals surface area contributed by atoms with E-state index in [4.69, 9.17) is 5.73 Å². The topological polar surface area (TPSA) is 78.1 Å². The molecule has 0 fully saturated rings. The molecule has 0 saturated heterocycles. The van der Waals surface area contributed by atoms with E-state index in [-0.39, 0.29) is 51.4 Å². The van der Waals surface area contributed by atoms with E-state index in [1.165, 1.54) is 0 Å². The van der Waals surface area contributed by atoms with Gasteiger partial charge in [0.25, 0.3) is 5.97 Å². The van der Waals surface area contributed by atoms with E-state index in [9.17, 15) is 4.79 Å². The summed E-state index contributed by atoms with van der Waals surface area (Å²) in [4.78, 5) is 18.7. The number of aromatic nitrogens is 2. The summed E-state index contributed by atoms with van der Waals surface area (Å²) >= 11 is 1.86. The Morgan fingerprint density at radius 2 is 2.36 bits per heavy atom. The zero-order valence-electron chi connectivity index (χ0n) is 7.88. The smallest absolute Gasteiger partial charge is 0.484 e. The van der Waals surface area contributed by atoms with Gasteiger partial charge in [0.15, 0.2) is 0 Å². The predicted molar refractivity (Wildman–Crippen MR) is 51.3 cm³/mol. The van der Waals surface area contributed by atoms with Crippen LogP contribution in [0, 0.1) is 0 Å². The summed E-state index contributed by atoms with van der Waals surface area (Å²) < 4.78 is 4.39. The molecule has 1 aromatic heterocycles. The van der Waals surface area contributed by atoms with E-state index in [1.807, 2.05) is 16.6 Å². The van der Waals surface area contributed by atoms with Crippen molar-refractivity contribution in [3.8, 4) is 0 Å². The van der Waals surface area contributed by atoms with Crippen LogP contribution in [0.3, 0.4) is 0 Å². The first-order chi connectivity index (χ1) is 6.24. The van der Waals surface area contributed by atoms with Crippen LogP contribution in [-0.4, -0.2) is 90.0 Å². The minimum absolute atomic E-state index is 0. The number of nitrogens with zero attached hydrogens (tertiary/aromatic N) is 2. The van der Waals surface area contributed by atoms with Gasteiger partial charge in [-0.05, 0) is 0 Å². The van der Waals surface area contributed by atoms with Gasteiger partial charge in [-0.25, -0.2) is 0 Å². The fraction of sp³-hybridized carbons (Fsp3) is 0.286. The summed E-state index contributed by atoms with van der Waals surface area (Å²) in [6.07, 6.45) is 5.01. The SMILES string of the molecule is NC(Cc1cnccn1)C(=O)[O][Al].[K]. The van der Waals surface area contributed by atoms with Crippen molar-refractivity contribution in [1.29, 1.82) is 0 Å². The largest absolute Gasteiger partial charge is 0.627 e. The van der Waals surface area contributed by atoms with Gasteiger partial charge in [0.2, 0.25) is 0 Å². The molecule has 7 heteroatoms. The minimum Gasteiger partial charge on any atom is -0.627 e. The van der Waals surface area contributed by atoms with Gasteiger partial charge in [-0.3, -0.25) is 14.8 Å². The Kier molecular flexibility index (Phi) is 8.29. The minimum atomic E-state index is -0.686. The van der Waals surface area contributed by atoms with Crippen LogP contribution in [0.15, 0.2) is 18.6 Å². The normalized spacial score (nSPS) is 11.2. The molecule has 3 radical (unpaired) electrons. The molecule has 0 amide bonds. The van der Waals surface area contributed by atoms with Crippen molar-refractivity contribution in [3.63, 3.8) is 0 Å². The van der Waals surface area contributed by atoms with Crippen molar-refractivity contribution in [2.75, 3.05) is 0 Å². The van der Waals surface area contributed by atoms with E-state index in [2.05, 4.69) is 13.8 Å². The maximum atomic E-state index is 10.9. The summed E-state index contributed by atoms with van der Waals surface area (Å²) in [5.74, 6) is -0.476. The number of hydrogen-bond donors (Lipinski definition) is 1. The van der Waals surface area contributed by atoms with Crippen molar-refractivity contribution in [2.45, 2.75) is 12.5 Å². The van der Waals surface area contributed by atoms with Gasteiger partial charge in [0, 0.05) is 76.4 Å². The molecule has 1 atom stereocenters. The van der Waals surface area contributed by atoms with E-state index in [1.54, 1.807) is 18.6 Å². The third-order valence-corrected chi connectivity index (χ3v) is 1.70. The molecule has 5 nitrogen and oxygen atoms in total. The van der Waals surface area contributed by atoms with Gasteiger partial charge in [-0.15, -0.1) is 0 Å². The van der Waals surface area contributed by atoms with Crippen LogP contribution in [0.2, 0.25) is 0 Å². The summed E-state index contributed by atoms with van der Waals surface area (Å²) in [6.45, 7) is 0. The Labute approximate surface area is 133 Å². The van der Waals surface area contributed by atoms with Crippen LogP contribution in [-0.2, 0) is 15.0 Å². The summed E-state index contributed by atoms with van der Waals surface area (Å²) in [5, 5.41) is 0. The third kappa shape index (κ3) is 4.96. The van der Waals surface area contributed by atoms with Gasteiger partial charge >= 0.3 is 16.6 Å². The second kappa shape index (κ2) is 7.90. The van der Waals surface area contributed by atoms with Gasteiger partial charge in [-0.1, -0.05) is 0 Å². The van der Waals surface area contributed by atoms with Crippen molar-refractivity contribution >= 4 is 74.0 Å². The molecule has 0 spiro atoms. The summed E-state index contributed by atoms with van der Waals surface area (Å²) in [5.41, 5.74) is 6.18. The second-order valence-electron chi connectivity index (χ2n) is 2.44. The molecule has 1 heterocycles. The van der Waals surface area contributed by atoms with Crippen LogP contribution in [0.4, 0.5) is 0 Å². The first-order valence-corrected chi connectivity index (χ1v) is 4.12. The van der Waals surface area contributed by atoms with E-state index < -0.39 is 12.0 Å². The Hall–Kier alpha value is 0.679. The number of rotatable bonds is 3. The molecule has 0 saturated carbocycles. The van der Waals surface area contributed by atoms with Crippen LogP contribution in [0.1, 0.15) is 5.69 Å². The molecule has 1 unspecified atom stereocenters. The molecule has 1 aromatic rings. The molecule has 2 N–H and O–H groups in total. The van der Waals surface area contributed by atoms with E-state index >= 15 is 0 Å². The van der Waals surface area contributed by atoms with Crippen LogP contribution < -0.4 is 5.73 Å². The van der Waals surface area contributed by atoms with E-state index in [0.29, 0.717) is 12.1 Å². The molecule has 14 heavy (non-hydrogen) atoms. The maximum Gasteiger partial charge on any atom is 0.484 e. The summed E-state index contributed by atoms with van der Waals surface area (Å²) in [6, 6.07) is -0.686. The molecule has 0 bridgehead atoms. The van der Waals surface area contributed by atoms with Crippen molar-refractivity contribution < 1.29 is 8.58 Å². The fourth-order valence-corrected chi connectivity index (χ4v) is 1.01. The van der Waals surface area contributed by atoms with Crippen molar-refractivity contribution in [1.82, 2.24) is 9.97 Å². The third-order valence-electron chi connectivity index (χ3n) is 1.46. The number of nitrogens with two attached hydrogens (primary N) is 1. The Bertz CT molecular complexity index is 286. The molecule has 67 valence electrons. The van der Waals surface area contributed by atoms with Crippen molar-refractivity contribution in [3.05, 3.63) is 24.3 Å². The zero-order valence-corrected chi connectivity index (χ0v) is 12.2. The first kappa shape index (κ1) is 14.7. The average molecular weight is 232 g/mol. The number of carbonyl (C=O) groups excluding carboxylic acids is 1. The Morgan fingerprint density at radius 1 is 1.64 bits per heavy atom. The summed E-state index contributed by atoms with van der Waals surface area (Å²) in [7, 11) is 0. The zero-order chi connectivity index (χ0) is 9.68. The van der Waals surface area contributed by atoms with Gasteiger partial charge < -0.3 is 9.52 Å². The average Bonchev–Trinajstić information content (AvgIpc) is 2.18. The molecule has 0 aliphatic rings. The molecule has 0 aliphatic heterocycles. The first-order valence-electron chi connectivity index (χ1n) is 3.65. The molecule has 0 aromatic carbocycles. The molecule has 0 aliphatic carbocycles. The van der Waals surface area contributed by atoms with Crippen LogP contribution in [0.25, 0.3) is 0 Å². The van der Waals surface area contributed by atoms with Gasteiger partial charge in [0.1, 0.15) is 6.04 Å². The van der Waals surface area contributed by atoms with Crippen LogP contribution >= 0.6 is 0 Å². The standard InChI is InChI=1S/C7H9N3O2.Al.K/c8-6(7(11)12)3-5-4-9-1-2-10-5;;/h1-2,4,6H,3,8H2,(H,11,12);;/q;+1;/p-1. The van der Waals surface area contributed by atoms with Gasteiger partial charge in [-0.2, -0.15) is 0 Å².